The molecular weight excluding hydrogens is 366 g/mol. The smallest absolute Gasteiger partial charge is 0.270 e. The van der Waals surface area contributed by atoms with Crippen molar-refractivity contribution in [1.82, 2.24) is 0 Å². The zero-order valence-electron chi connectivity index (χ0n) is 15.8. The van der Waals surface area contributed by atoms with Crippen LogP contribution >= 0.6 is 0 Å². The second-order valence-corrected chi connectivity index (χ2v) is 6.72. The number of hydrogen-bond donors (Lipinski definition) is 3. The van der Waals surface area contributed by atoms with Crippen molar-refractivity contribution in [3.8, 4) is 5.75 Å². The summed E-state index contributed by atoms with van der Waals surface area (Å²) in [5, 5.41) is 25.6. The number of anilines is 2. The Hall–Kier alpha value is -2.88. The van der Waals surface area contributed by atoms with Crippen molar-refractivity contribution in [1.29, 1.82) is 0 Å². The minimum absolute atomic E-state index is 0.110. The molecule has 0 bridgehead atoms. The number of nitro groups is 1. The Morgan fingerprint density at radius 3 is 2.57 bits per heavy atom. The van der Waals surface area contributed by atoms with Crippen LogP contribution in [0.2, 0.25) is 0 Å². The molecule has 0 aliphatic carbocycles. The largest absolute Gasteiger partial charge is 0.479 e. The summed E-state index contributed by atoms with van der Waals surface area (Å²) in [6, 6.07) is 10.5. The first-order valence-corrected chi connectivity index (χ1v) is 8.64. The van der Waals surface area contributed by atoms with E-state index < -0.39 is 29.0 Å². The number of ether oxygens (including phenoxy) is 3. The molecule has 28 heavy (non-hydrogen) atoms. The Labute approximate surface area is 162 Å². The molecule has 1 aliphatic heterocycles. The van der Waals surface area contributed by atoms with Crippen molar-refractivity contribution in [3.63, 3.8) is 0 Å². The third kappa shape index (κ3) is 3.35. The highest BCUT2D eigenvalue weighted by Gasteiger charge is 2.52. The second kappa shape index (κ2) is 7.63. The molecule has 3 rings (SSSR count). The number of hydrogen-bond acceptors (Lipinski definition) is 8. The molecule has 0 radical (unpaired) electrons. The van der Waals surface area contributed by atoms with Crippen molar-refractivity contribution in [2.24, 2.45) is 0 Å². The number of rotatable bonds is 6. The van der Waals surface area contributed by atoms with Gasteiger partial charge in [0.25, 0.3) is 5.69 Å². The molecule has 0 spiro atoms. The van der Waals surface area contributed by atoms with Gasteiger partial charge in [0.15, 0.2) is 11.9 Å². The van der Waals surface area contributed by atoms with E-state index in [2.05, 4.69) is 5.32 Å². The summed E-state index contributed by atoms with van der Waals surface area (Å²) in [6.07, 6.45) is -2.06. The van der Waals surface area contributed by atoms with E-state index in [1.54, 1.807) is 31.2 Å². The van der Waals surface area contributed by atoms with Crippen LogP contribution in [-0.2, 0) is 9.47 Å². The summed E-state index contributed by atoms with van der Waals surface area (Å²) in [7, 11) is 2.89. The molecule has 0 aromatic heterocycles. The van der Waals surface area contributed by atoms with Crippen molar-refractivity contribution in [2.75, 3.05) is 25.3 Å². The highest BCUT2D eigenvalue weighted by molar-refractivity contribution is 5.67. The normalized spacial score (nSPS) is 23.8. The number of methoxy groups -OCH3 is 2. The fourth-order valence-electron chi connectivity index (χ4n) is 3.49. The minimum atomic E-state index is -1.28. The summed E-state index contributed by atoms with van der Waals surface area (Å²) in [6.45, 7) is 1.66. The molecule has 2 aromatic carbocycles. The first-order chi connectivity index (χ1) is 13.3. The van der Waals surface area contributed by atoms with Gasteiger partial charge in [0.2, 0.25) is 0 Å². The Kier molecular flexibility index (Phi) is 5.41. The number of aliphatic hydroxyl groups is 1. The van der Waals surface area contributed by atoms with Gasteiger partial charge < -0.3 is 30.4 Å². The third-order valence-corrected chi connectivity index (χ3v) is 4.94. The number of nitrogens with zero attached hydrogens (tertiary/aromatic N) is 1. The Morgan fingerprint density at radius 1 is 1.29 bits per heavy atom. The van der Waals surface area contributed by atoms with E-state index in [0.29, 0.717) is 22.7 Å². The Balaban J connectivity index is 2.12. The van der Waals surface area contributed by atoms with Crippen LogP contribution in [-0.4, -0.2) is 42.2 Å². The second-order valence-electron chi connectivity index (χ2n) is 6.72. The molecule has 0 saturated heterocycles. The summed E-state index contributed by atoms with van der Waals surface area (Å²) in [5.74, 6) is 0.379. The number of nitrogens with two attached hydrogens (primary N) is 1. The van der Waals surface area contributed by atoms with Gasteiger partial charge in [-0.3, -0.25) is 10.1 Å². The molecule has 150 valence electrons. The molecule has 1 aliphatic rings. The zero-order valence-corrected chi connectivity index (χ0v) is 15.8. The van der Waals surface area contributed by atoms with E-state index in [0.717, 1.165) is 0 Å². The van der Waals surface area contributed by atoms with Gasteiger partial charge in [0.1, 0.15) is 11.9 Å². The third-order valence-electron chi connectivity index (χ3n) is 4.94. The van der Waals surface area contributed by atoms with Crippen LogP contribution in [0.15, 0.2) is 42.5 Å². The highest BCUT2D eigenvalue weighted by Crippen LogP contribution is 2.45. The lowest BCUT2D eigenvalue weighted by atomic mass is 9.84. The number of non-ortho nitro benzene ring substituents is 1. The molecule has 4 N–H and O–H groups in total. The summed E-state index contributed by atoms with van der Waals surface area (Å²) in [5.41, 5.74) is 6.13. The first-order valence-electron chi connectivity index (χ1n) is 8.64. The molecular formula is C19H23N3O6. The fourth-order valence-corrected chi connectivity index (χ4v) is 3.49. The molecule has 3 atom stereocenters. The molecule has 9 heteroatoms. The van der Waals surface area contributed by atoms with Gasteiger partial charge in [-0.2, -0.15) is 0 Å². The predicted octanol–water partition coefficient (Wildman–Crippen LogP) is 2.46. The van der Waals surface area contributed by atoms with Gasteiger partial charge in [0.05, 0.1) is 22.3 Å². The topological polar surface area (TPSA) is 129 Å². The monoisotopic (exact) mass is 389 g/mol. The Bertz CT molecular complexity index is 872. The number of aliphatic hydroxyl groups excluding tert-OH is 1. The van der Waals surface area contributed by atoms with Crippen molar-refractivity contribution >= 4 is 17.1 Å². The number of para-hydroxylation sites is 2. The Morgan fingerprint density at radius 2 is 1.96 bits per heavy atom. The predicted molar refractivity (Wildman–Crippen MR) is 103 cm³/mol. The van der Waals surface area contributed by atoms with E-state index in [-0.39, 0.29) is 5.69 Å². The van der Waals surface area contributed by atoms with Gasteiger partial charge in [-0.15, -0.1) is 0 Å². The number of benzene rings is 2. The quantitative estimate of drug-likeness (QED) is 0.297. The molecule has 1 heterocycles. The maximum absolute atomic E-state index is 11.2. The van der Waals surface area contributed by atoms with Crippen LogP contribution in [0.5, 0.6) is 5.75 Å². The van der Waals surface area contributed by atoms with E-state index >= 15 is 0 Å². The van der Waals surface area contributed by atoms with Crippen LogP contribution in [0.25, 0.3) is 0 Å². The molecule has 0 saturated carbocycles. The van der Waals surface area contributed by atoms with E-state index in [1.165, 1.54) is 32.4 Å². The van der Waals surface area contributed by atoms with Crippen molar-refractivity contribution < 1.29 is 24.2 Å². The average molecular weight is 389 g/mol. The van der Waals surface area contributed by atoms with Gasteiger partial charge in [-0.1, -0.05) is 12.1 Å². The van der Waals surface area contributed by atoms with E-state index in [9.17, 15) is 15.2 Å². The summed E-state index contributed by atoms with van der Waals surface area (Å²) in [4.78, 5) is 10.7. The molecule has 9 nitrogen and oxygen atoms in total. The fraction of sp³-hybridized carbons (Fsp3) is 0.368. The molecule has 0 amide bonds. The average Bonchev–Trinajstić information content (AvgIpc) is 2.67. The zero-order chi connectivity index (χ0) is 20.5. The van der Waals surface area contributed by atoms with Gasteiger partial charge in [-0.05, 0) is 25.1 Å². The maximum Gasteiger partial charge on any atom is 0.270 e. The highest BCUT2D eigenvalue weighted by atomic mass is 16.7. The van der Waals surface area contributed by atoms with Crippen molar-refractivity contribution in [2.45, 2.75) is 31.0 Å². The molecule has 0 fully saturated rings. The van der Waals surface area contributed by atoms with E-state index in [1.807, 2.05) is 0 Å². The van der Waals surface area contributed by atoms with Crippen LogP contribution in [0.3, 0.4) is 0 Å². The summed E-state index contributed by atoms with van der Waals surface area (Å²) < 4.78 is 16.7. The van der Waals surface area contributed by atoms with Gasteiger partial charge in [0, 0.05) is 31.9 Å². The lowest BCUT2D eigenvalue weighted by Crippen LogP contribution is -2.60. The lowest BCUT2D eigenvalue weighted by molar-refractivity contribution is -0.385. The lowest BCUT2D eigenvalue weighted by Gasteiger charge is -2.46. The standard InChI is InChI=1S/C19H23N3O6/c1-19(18(26-2)27-3)17(23)16(21-14-7-5-4-6-13(14)20)12-10-11(22(24)25)8-9-15(12)28-19/h4-10,16-18,21,23H,20H2,1-3H3/t16-,17+,19-/m0/s1. The van der Waals surface area contributed by atoms with Gasteiger partial charge in [-0.25, -0.2) is 0 Å². The molecule has 2 aromatic rings. The van der Waals surface area contributed by atoms with Gasteiger partial charge >= 0.3 is 0 Å². The minimum Gasteiger partial charge on any atom is -0.479 e. The summed E-state index contributed by atoms with van der Waals surface area (Å²) >= 11 is 0. The van der Waals surface area contributed by atoms with Crippen LogP contribution in [0, 0.1) is 10.1 Å². The number of nitro benzene ring substituents is 1. The van der Waals surface area contributed by atoms with Crippen LogP contribution in [0.1, 0.15) is 18.5 Å². The molecule has 0 unspecified atom stereocenters. The van der Waals surface area contributed by atoms with E-state index in [4.69, 9.17) is 19.9 Å². The SMILES string of the molecule is COC(OC)[C@@]1(C)Oc2ccc([N+](=O)[O-])cc2[C@H](Nc2ccccc2N)[C@H]1O. The maximum atomic E-state index is 11.2. The van der Waals surface area contributed by atoms with Crippen LogP contribution < -0.4 is 15.8 Å². The number of nitrogens with one attached hydrogen (secondary N) is 1. The van der Waals surface area contributed by atoms with Crippen molar-refractivity contribution in [3.05, 3.63) is 58.1 Å². The number of fused-ring (bicyclic) bond motifs is 1. The first kappa shape index (κ1) is 19.9. The number of nitrogen functional groups attached to an aromatic ring is 1. The van der Waals surface area contributed by atoms with Crippen LogP contribution in [0.4, 0.5) is 17.1 Å².